The fraction of sp³-hybridized carbons (Fsp3) is 0.267. The summed E-state index contributed by atoms with van der Waals surface area (Å²) in [6.45, 7) is 2.44. The van der Waals surface area contributed by atoms with Gasteiger partial charge < -0.3 is 15.4 Å². The van der Waals surface area contributed by atoms with E-state index in [4.69, 9.17) is 10.5 Å². The first kappa shape index (κ1) is 13.4. The largest absolute Gasteiger partial charge is 0.497 e. The zero-order valence-corrected chi connectivity index (χ0v) is 11.6. The van der Waals surface area contributed by atoms with Crippen molar-refractivity contribution in [3.8, 4) is 5.75 Å². The molecule has 4 heteroatoms. The van der Waals surface area contributed by atoms with Gasteiger partial charge in [-0.2, -0.15) is 0 Å². The molecule has 0 amide bonds. The van der Waals surface area contributed by atoms with Crippen LogP contribution in [-0.2, 0) is 6.54 Å². The van der Waals surface area contributed by atoms with Gasteiger partial charge in [0.05, 0.1) is 7.11 Å². The van der Waals surface area contributed by atoms with E-state index >= 15 is 0 Å². The molecule has 2 rings (SSSR count). The number of aryl methyl sites for hydroxylation is 1. The van der Waals surface area contributed by atoms with Crippen molar-refractivity contribution in [3.05, 3.63) is 47.8 Å². The third kappa shape index (κ3) is 2.85. The van der Waals surface area contributed by atoms with Gasteiger partial charge >= 0.3 is 0 Å². The Labute approximate surface area is 113 Å². The molecular formula is C15H19N3O. The third-order valence-corrected chi connectivity index (χ3v) is 3.12. The van der Waals surface area contributed by atoms with Gasteiger partial charge in [0, 0.05) is 48.5 Å². The molecule has 2 aromatic rings. The minimum atomic E-state index is 0.469. The lowest BCUT2D eigenvalue weighted by molar-refractivity contribution is 0.415. The summed E-state index contributed by atoms with van der Waals surface area (Å²) in [7, 11) is 3.68. The first-order valence-electron chi connectivity index (χ1n) is 6.19. The second kappa shape index (κ2) is 5.71. The molecule has 0 atom stereocenters. The minimum Gasteiger partial charge on any atom is -0.497 e. The number of nitrogens with two attached hydrogens (primary N) is 1. The molecular weight excluding hydrogens is 238 g/mol. The van der Waals surface area contributed by atoms with Crippen molar-refractivity contribution in [2.45, 2.75) is 13.5 Å². The molecule has 0 aliphatic rings. The van der Waals surface area contributed by atoms with E-state index < -0.39 is 0 Å². The van der Waals surface area contributed by atoms with E-state index in [-0.39, 0.29) is 0 Å². The van der Waals surface area contributed by atoms with Crippen LogP contribution in [0.4, 0.5) is 11.4 Å². The summed E-state index contributed by atoms with van der Waals surface area (Å²) < 4.78 is 5.26. The number of methoxy groups -OCH3 is 1. The molecule has 0 bridgehead atoms. The van der Waals surface area contributed by atoms with Crippen molar-refractivity contribution in [2.24, 2.45) is 5.73 Å². The average Bonchev–Trinajstić information content (AvgIpc) is 2.46. The van der Waals surface area contributed by atoms with Crippen molar-refractivity contribution in [1.82, 2.24) is 4.98 Å². The molecule has 0 radical (unpaired) electrons. The van der Waals surface area contributed by atoms with Crippen LogP contribution in [0, 0.1) is 6.92 Å². The highest BCUT2D eigenvalue weighted by Crippen LogP contribution is 2.29. The van der Waals surface area contributed by atoms with E-state index in [1.165, 1.54) is 0 Å². The Morgan fingerprint density at radius 3 is 2.79 bits per heavy atom. The lowest BCUT2D eigenvalue weighted by Gasteiger charge is -2.23. The number of pyridine rings is 1. The maximum atomic E-state index is 5.78. The predicted molar refractivity (Wildman–Crippen MR) is 77.9 cm³/mol. The molecule has 0 aliphatic carbocycles. The van der Waals surface area contributed by atoms with Crippen LogP contribution in [0.3, 0.4) is 0 Å². The minimum absolute atomic E-state index is 0.469. The zero-order valence-electron chi connectivity index (χ0n) is 11.6. The number of anilines is 2. The highest BCUT2D eigenvalue weighted by atomic mass is 16.5. The Bertz CT molecular complexity index is 569. The van der Waals surface area contributed by atoms with Crippen molar-refractivity contribution in [3.63, 3.8) is 0 Å². The maximum absolute atomic E-state index is 5.78. The first-order chi connectivity index (χ1) is 9.15. The highest BCUT2D eigenvalue weighted by Gasteiger charge is 2.10. The molecule has 0 saturated heterocycles. The van der Waals surface area contributed by atoms with Crippen molar-refractivity contribution >= 4 is 11.4 Å². The molecule has 4 nitrogen and oxygen atoms in total. The molecule has 0 aliphatic heterocycles. The van der Waals surface area contributed by atoms with E-state index in [0.717, 1.165) is 28.4 Å². The van der Waals surface area contributed by atoms with Crippen LogP contribution in [0.15, 0.2) is 36.5 Å². The molecule has 0 saturated carbocycles. The van der Waals surface area contributed by atoms with Gasteiger partial charge in [-0.25, -0.2) is 0 Å². The van der Waals surface area contributed by atoms with Gasteiger partial charge in [0.1, 0.15) is 5.75 Å². The van der Waals surface area contributed by atoms with E-state index in [1.807, 2.05) is 50.5 Å². The van der Waals surface area contributed by atoms with E-state index in [0.29, 0.717) is 6.54 Å². The predicted octanol–water partition coefficient (Wildman–Crippen LogP) is 2.63. The van der Waals surface area contributed by atoms with Gasteiger partial charge in [-0.15, -0.1) is 0 Å². The number of hydrogen-bond acceptors (Lipinski definition) is 4. The van der Waals surface area contributed by atoms with Gasteiger partial charge in [0.2, 0.25) is 0 Å². The quantitative estimate of drug-likeness (QED) is 0.914. The van der Waals surface area contributed by atoms with Crippen LogP contribution in [-0.4, -0.2) is 19.1 Å². The number of hydrogen-bond donors (Lipinski definition) is 1. The molecule has 0 spiro atoms. The SMILES string of the molecule is COc1cccc(N(C)c2cc(C)ncc2CN)c1. The van der Waals surface area contributed by atoms with E-state index in [1.54, 1.807) is 7.11 Å². The molecule has 1 heterocycles. The lowest BCUT2D eigenvalue weighted by atomic mass is 10.1. The Kier molecular flexibility index (Phi) is 4.02. The Morgan fingerprint density at radius 2 is 2.11 bits per heavy atom. The van der Waals surface area contributed by atoms with Gasteiger partial charge in [-0.05, 0) is 25.1 Å². The Morgan fingerprint density at radius 1 is 1.32 bits per heavy atom. The smallest absolute Gasteiger partial charge is 0.120 e. The maximum Gasteiger partial charge on any atom is 0.120 e. The van der Waals surface area contributed by atoms with Crippen molar-refractivity contribution in [2.75, 3.05) is 19.1 Å². The second-order valence-corrected chi connectivity index (χ2v) is 4.42. The van der Waals surface area contributed by atoms with Crippen LogP contribution in [0.1, 0.15) is 11.3 Å². The number of rotatable bonds is 4. The number of aromatic nitrogens is 1. The fourth-order valence-electron chi connectivity index (χ4n) is 2.00. The fourth-order valence-corrected chi connectivity index (χ4v) is 2.00. The Hall–Kier alpha value is -2.07. The van der Waals surface area contributed by atoms with Crippen LogP contribution in [0.5, 0.6) is 5.75 Å². The summed E-state index contributed by atoms with van der Waals surface area (Å²) in [5.74, 6) is 0.837. The second-order valence-electron chi connectivity index (χ2n) is 4.42. The molecule has 0 unspecified atom stereocenters. The van der Waals surface area contributed by atoms with Gasteiger partial charge in [-0.3, -0.25) is 4.98 Å². The van der Waals surface area contributed by atoms with Crippen molar-refractivity contribution in [1.29, 1.82) is 0 Å². The normalized spacial score (nSPS) is 10.3. The molecule has 1 aromatic heterocycles. The van der Waals surface area contributed by atoms with Gasteiger partial charge in [0.15, 0.2) is 0 Å². The van der Waals surface area contributed by atoms with E-state index in [2.05, 4.69) is 9.88 Å². The highest BCUT2D eigenvalue weighted by molar-refractivity contribution is 5.66. The van der Waals surface area contributed by atoms with Crippen LogP contribution >= 0.6 is 0 Å². The number of benzene rings is 1. The monoisotopic (exact) mass is 257 g/mol. The summed E-state index contributed by atoms with van der Waals surface area (Å²) >= 11 is 0. The van der Waals surface area contributed by atoms with Crippen LogP contribution < -0.4 is 15.4 Å². The van der Waals surface area contributed by atoms with Gasteiger partial charge in [0.25, 0.3) is 0 Å². The first-order valence-corrected chi connectivity index (χ1v) is 6.19. The van der Waals surface area contributed by atoms with Crippen LogP contribution in [0.2, 0.25) is 0 Å². The lowest BCUT2D eigenvalue weighted by Crippen LogP contribution is -2.14. The molecule has 100 valence electrons. The topological polar surface area (TPSA) is 51.4 Å². The Balaban J connectivity index is 2.42. The summed E-state index contributed by atoms with van der Waals surface area (Å²) in [5.41, 5.74) is 9.91. The number of nitrogens with zero attached hydrogens (tertiary/aromatic N) is 2. The van der Waals surface area contributed by atoms with Gasteiger partial charge in [-0.1, -0.05) is 6.07 Å². The molecule has 1 aromatic carbocycles. The summed E-state index contributed by atoms with van der Waals surface area (Å²) in [6, 6.07) is 9.98. The summed E-state index contributed by atoms with van der Waals surface area (Å²) in [5, 5.41) is 0. The molecule has 0 fully saturated rings. The molecule has 2 N–H and O–H groups in total. The number of ether oxygens (including phenoxy) is 1. The third-order valence-electron chi connectivity index (χ3n) is 3.12. The summed E-state index contributed by atoms with van der Waals surface area (Å²) in [6.07, 6.45) is 1.83. The standard InChI is InChI=1S/C15H19N3O/c1-11-7-15(12(9-16)10-17-11)18(2)13-5-4-6-14(8-13)19-3/h4-8,10H,9,16H2,1-3H3. The van der Waals surface area contributed by atoms with Crippen molar-refractivity contribution < 1.29 is 4.74 Å². The van der Waals surface area contributed by atoms with Crippen LogP contribution in [0.25, 0.3) is 0 Å². The summed E-state index contributed by atoms with van der Waals surface area (Å²) in [4.78, 5) is 6.39. The van der Waals surface area contributed by atoms with E-state index in [9.17, 15) is 0 Å². The average molecular weight is 257 g/mol. The zero-order chi connectivity index (χ0) is 13.8. The molecule has 19 heavy (non-hydrogen) atoms.